The van der Waals surface area contributed by atoms with Crippen molar-refractivity contribution in [3.05, 3.63) is 0 Å². The van der Waals surface area contributed by atoms with Gasteiger partial charge in [0, 0.05) is 0 Å². The number of carbonyl (C=O) groups excluding carboxylic acids is 2. The third kappa shape index (κ3) is 8.43. The van der Waals surface area contributed by atoms with Gasteiger partial charge in [-0.2, -0.15) is 0 Å². The van der Waals surface area contributed by atoms with E-state index in [0.29, 0.717) is 0 Å². The van der Waals surface area contributed by atoms with Gasteiger partial charge in [-0.25, -0.2) is 0 Å². The second-order valence-corrected chi connectivity index (χ2v) is 4.22. The number of aldehydes is 2. The van der Waals surface area contributed by atoms with Gasteiger partial charge in [-0.15, -0.1) is 0 Å². The van der Waals surface area contributed by atoms with Crippen LogP contribution in [0.3, 0.4) is 0 Å². The Bertz CT molecular complexity index is 300. The molecule has 22 heavy (non-hydrogen) atoms. The molecule has 0 aromatic rings. The fourth-order valence-electron chi connectivity index (χ4n) is 1.03. The molecule has 0 fully saturated rings. The third-order valence-electron chi connectivity index (χ3n) is 2.49. The minimum Gasteiger partial charge on any atom is -0.394 e. The quantitative estimate of drug-likeness (QED) is 0.181. The predicted molar refractivity (Wildman–Crippen MR) is 68.3 cm³/mol. The minimum atomic E-state index is -1.79. The Morgan fingerprint density at radius 3 is 1.23 bits per heavy atom. The van der Waals surface area contributed by atoms with Gasteiger partial charge in [-0.05, 0) is 0 Å². The van der Waals surface area contributed by atoms with Crippen LogP contribution in [0.2, 0.25) is 0 Å². The Labute approximate surface area is 125 Å². The van der Waals surface area contributed by atoms with Gasteiger partial charge in [0.15, 0.2) is 12.6 Å². The molecule has 132 valence electrons. The highest BCUT2D eigenvalue weighted by Gasteiger charge is 2.29. The van der Waals surface area contributed by atoms with Crippen molar-refractivity contribution in [3.63, 3.8) is 0 Å². The molecule has 0 saturated heterocycles. The van der Waals surface area contributed by atoms with Crippen LogP contribution in [0.25, 0.3) is 0 Å². The largest absolute Gasteiger partial charge is 0.394 e. The summed E-state index contributed by atoms with van der Waals surface area (Å²) in [5.74, 6) is 0. The van der Waals surface area contributed by atoms with Gasteiger partial charge in [0.05, 0.1) is 13.2 Å². The second-order valence-electron chi connectivity index (χ2n) is 4.22. The fraction of sp³-hybridized carbons (Fsp3) is 0.818. The highest BCUT2D eigenvalue weighted by molar-refractivity contribution is 5.57. The van der Waals surface area contributed by atoms with E-state index in [4.69, 9.17) is 46.0 Å². The number of rotatable bonds is 9. The first kappa shape index (κ1) is 23.2. The first-order valence-corrected chi connectivity index (χ1v) is 6.06. The molecule has 0 heterocycles. The van der Waals surface area contributed by atoms with Crippen molar-refractivity contribution >= 4 is 12.6 Å². The lowest BCUT2D eigenvalue weighted by atomic mass is 10.0. The lowest BCUT2D eigenvalue weighted by Gasteiger charge is -2.22. The van der Waals surface area contributed by atoms with E-state index in [1.807, 2.05) is 0 Å². The van der Waals surface area contributed by atoms with Crippen LogP contribution in [0.4, 0.5) is 0 Å². The van der Waals surface area contributed by atoms with Crippen LogP contribution in [-0.2, 0) is 9.59 Å². The number of hydrogen-bond donors (Lipinski definition) is 9. The summed E-state index contributed by atoms with van der Waals surface area (Å²) in [6.07, 6.45) is -11.5. The molecule has 0 aliphatic carbocycles. The number of aliphatic hydroxyl groups excluding tert-OH is 9. The summed E-state index contributed by atoms with van der Waals surface area (Å²) in [7, 11) is 0. The minimum absolute atomic E-state index is 0.0258. The van der Waals surface area contributed by atoms with Crippen LogP contribution in [-0.4, -0.2) is 114 Å². The Morgan fingerprint density at radius 1 is 0.591 bits per heavy atom. The molecule has 11 nitrogen and oxygen atoms in total. The third-order valence-corrected chi connectivity index (χ3v) is 2.49. The molecular formula is C11H22O11. The Hall–Kier alpha value is -1.02. The van der Waals surface area contributed by atoms with Gasteiger partial charge in [0.1, 0.15) is 42.7 Å². The summed E-state index contributed by atoms with van der Waals surface area (Å²) in [6.45, 7) is -1.45. The predicted octanol–water partition coefficient (Wildman–Crippen LogP) is -6.12. The maximum Gasteiger partial charge on any atom is 0.151 e. The van der Waals surface area contributed by atoms with E-state index in [0.717, 1.165) is 0 Å². The number of carbonyl (C=O) groups is 2. The fourth-order valence-corrected chi connectivity index (χ4v) is 1.03. The topological polar surface area (TPSA) is 216 Å². The van der Waals surface area contributed by atoms with Crippen molar-refractivity contribution in [2.24, 2.45) is 0 Å². The van der Waals surface area contributed by atoms with E-state index in [-0.39, 0.29) is 12.6 Å². The van der Waals surface area contributed by atoms with E-state index in [1.54, 1.807) is 0 Å². The van der Waals surface area contributed by atoms with Gasteiger partial charge in [-0.3, -0.25) is 0 Å². The molecule has 0 saturated carbocycles. The Balaban J connectivity index is 0. The van der Waals surface area contributed by atoms with Crippen LogP contribution in [0.1, 0.15) is 0 Å². The molecule has 0 radical (unpaired) electrons. The molecule has 0 amide bonds. The van der Waals surface area contributed by atoms with Gasteiger partial charge >= 0.3 is 0 Å². The molecule has 0 spiro atoms. The summed E-state index contributed by atoms with van der Waals surface area (Å²) < 4.78 is 0. The maximum atomic E-state index is 9.90. The Kier molecular flexibility index (Phi) is 13.2. The summed E-state index contributed by atoms with van der Waals surface area (Å²) >= 11 is 0. The van der Waals surface area contributed by atoms with Crippen LogP contribution in [0.5, 0.6) is 0 Å². The van der Waals surface area contributed by atoms with Crippen LogP contribution in [0.15, 0.2) is 0 Å². The van der Waals surface area contributed by atoms with Gasteiger partial charge < -0.3 is 55.5 Å². The second kappa shape index (κ2) is 12.5. The average molecular weight is 330 g/mol. The van der Waals surface area contributed by atoms with Crippen molar-refractivity contribution < 1.29 is 55.5 Å². The smallest absolute Gasteiger partial charge is 0.151 e. The molecule has 0 unspecified atom stereocenters. The van der Waals surface area contributed by atoms with Crippen molar-refractivity contribution in [1.82, 2.24) is 0 Å². The molecule has 0 aromatic heterocycles. The van der Waals surface area contributed by atoms with Gasteiger partial charge in [0.2, 0.25) is 0 Å². The molecular weight excluding hydrogens is 308 g/mol. The monoisotopic (exact) mass is 330 g/mol. The number of aliphatic hydroxyl groups is 9. The molecule has 11 heteroatoms. The van der Waals surface area contributed by atoms with Crippen LogP contribution >= 0.6 is 0 Å². The number of hydrogen-bond acceptors (Lipinski definition) is 11. The van der Waals surface area contributed by atoms with Crippen molar-refractivity contribution in [3.8, 4) is 0 Å². The molecule has 0 aromatic carbocycles. The van der Waals surface area contributed by atoms with Crippen LogP contribution < -0.4 is 0 Å². The molecule has 0 aliphatic rings. The van der Waals surface area contributed by atoms with Crippen molar-refractivity contribution in [1.29, 1.82) is 0 Å². The highest BCUT2D eigenvalue weighted by atomic mass is 16.4. The Morgan fingerprint density at radius 2 is 0.909 bits per heavy atom. The van der Waals surface area contributed by atoms with E-state index >= 15 is 0 Å². The summed E-state index contributed by atoms with van der Waals surface area (Å²) in [5.41, 5.74) is 0. The lowest BCUT2D eigenvalue weighted by Crippen LogP contribution is -2.46. The van der Waals surface area contributed by atoms with E-state index in [9.17, 15) is 9.59 Å². The highest BCUT2D eigenvalue weighted by Crippen LogP contribution is 2.03. The molecule has 0 aliphatic heterocycles. The zero-order valence-corrected chi connectivity index (χ0v) is 11.5. The van der Waals surface area contributed by atoms with Crippen molar-refractivity contribution in [2.45, 2.75) is 42.7 Å². The SMILES string of the molecule is O=C[C@@H](O)[C@H](O)[C@H](O)CO.O=C[C@H](O)[C@@H](O)[C@H](O)[C@H](O)CO. The zero-order valence-electron chi connectivity index (χ0n) is 11.5. The normalized spacial score (nSPS) is 20.4. The molecule has 0 rings (SSSR count). The lowest BCUT2D eigenvalue weighted by molar-refractivity contribution is -0.136. The summed E-state index contributed by atoms with van der Waals surface area (Å²) in [6, 6.07) is 0. The first-order valence-electron chi connectivity index (χ1n) is 6.06. The van der Waals surface area contributed by atoms with Gasteiger partial charge in [-0.1, -0.05) is 0 Å². The molecule has 9 N–H and O–H groups in total. The van der Waals surface area contributed by atoms with E-state index in [2.05, 4.69) is 0 Å². The van der Waals surface area contributed by atoms with Crippen LogP contribution in [0, 0.1) is 0 Å². The van der Waals surface area contributed by atoms with E-state index < -0.39 is 55.9 Å². The molecule has 7 atom stereocenters. The zero-order chi connectivity index (χ0) is 17.9. The summed E-state index contributed by atoms with van der Waals surface area (Å²) in [5, 5.41) is 77.6. The summed E-state index contributed by atoms with van der Waals surface area (Å²) in [4.78, 5) is 19.7. The molecule has 0 bridgehead atoms. The van der Waals surface area contributed by atoms with E-state index in [1.165, 1.54) is 0 Å². The maximum absolute atomic E-state index is 9.90. The average Bonchev–Trinajstić information content (AvgIpc) is 2.56. The standard InChI is InChI=1S/C6H12O6.C5H10O5/c7-1-3(9)5(11)6(12)4(10)2-8;6-1-3(8)5(10)4(9)2-7/h1,3-6,8-12H,2H2;1,3-5,7-10H,2H2/t3-,4+,5+,6+;3-,4-,5+/m01/s1. The first-order chi connectivity index (χ1) is 10.2. The van der Waals surface area contributed by atoms with Crippen molar-refractivity contribution in [2.75, 3.05) is 13.2 Å². The van der Waals surface area contributed by atoms with Gasteiger partial charge in [0.25, 0.3) is 0 Å².